The Labute approximate surface area is 96.2 Å². The van der Waals surface area contributed by atoms with Gasteiger partial charge in [0, 0.05) is 17.5 Å². The highest BCUT2D eigenvalue weighted by atomic mass is 79.9. The number of carbonyl (C=O) groups is 1. The zero-order chi connectivity index (χ0) is 11.0. The van der Waals surface area contributed by atoms with Gasteiger partial charge >= 0.3 is 0 Å². The SMILES string of the molecule is CCn1nc(Br)c2c(C(C)=O)cccc21. The van der Waals surface area contributed by atoms with Crippen LogP contribution in [0.25, 0.3) is 10.9 Å². The van der Waals surface area contributed by atoms with E-state index in [1.54, 1.807) is 6.92 Å². The molecule has 0 saturated heterocycles. The number of hydrogen-bond donors (Lipinski definition) is 0. The summed E-state index contributed by atoms with van der Waals surface area (Å²) in [5, 5.41) is 5.24. The van der Waals surface area contributed by atoms with Crippen LogP contribution in [0.4, 0.5) is 0 Å². The minimum Gasteiger partial charge on any atom is -0.294 e. The van der Waals surface area contributed by atoms with Crippen molar-refractivity contribution in [1.82, 2.24) is 9.78 Å². The van der Waals surface area contributed by atoms with Crippen LogP contribution in [-0.2, 0) is 6.54 Å². The van der Waals surface area contributed by atoms with Crippen molar-refractivity contribution in [1.29, 1.82) is 0 Å². The van der Waals surface area contributed by atoms with Gasteiger partial charge in [0.2, 0.25) is 0 Å². The van der Waals surface area contributed by atoms with Gasteiger partial charge in [0.05, 0.1) is 5.52 Å². The van der Waals surface area contributed by atoms with E-state index in [1.165, 1.54) is 0 Å². The van der Waals surface area contributed by atoms with Crippen LogP contribution in [0.3, 0.4) is 0 Å². The molecule has 4 heteroatoms. The molecule has 0 N–H and O–H groups in total. The van der Waals surface area contributed by atoms with Gasteiger partial charge in [-0.3, -0.25) is 9.48 Å². The molecule has 0 aliphatic heterocycles. The quantitative estimate of drug-likeness (QED) is 0.784. The summed E-state index contributed by atoms with van der Waals surface area (Å²) in [7, 11) is 0. The second-order valence-corrected chi connectivity index (χ2v) is 4.11. The van der Waals surface area contributed by atoms with E-state index in [4.69, 9.17) is 0 Å². The summed E-state index contributed by atoms with van der Waals surface area (Å²) in [6, 6.07) is 5.69. The Hall–Kier alpha value is -1.16. The van der Waals surface area contributed by atoms with Crippen molar-refractivity contribution in [2.45, 2.75) is 20.4 Å². The van der Waals surface area contributed by atoms with Gasteiger partial charge < -0.3 is 0 Å². The Morgan fingerprint density at radius 1 is 1.53 bits per heavy atom. The van der Waals surface area contributed by atoms with Crippen LogP contribution in [0.2, 0.25) is 0 Å². The van der Waals surface area contributed by atoms with Crippen LogP contribution in [0, 0.1) is 0 Å². The first-order valence-corrected chi connectivity index (χ1v) is 5.60. The van der Waals surface area contributed by atoms with Crippen molar-refractivity contribution in [3.05, 3.63) is 28.4 Å². The van der Waals surface area contributed by atoms with Crippen LogP contribution in [0.1, 0.15) is 24.2 Å². The van der Waals surface area contributed by atoms with Gasteiger partial charge in [0.15, 0.2) is 5.78 Å². The molecule has 0 saturated carbocycles. The number of benzene rings is 1. The number of fused-ring (bicyclic) bond motifs is 1. The lowest BCUT2D eigenvalue weighted by atomic mass is 10.1. The molecule has 1 heterocycles. The van der Waals surface area contributed by atoms with Crippen molar-refractivity contribution >= 4 is 32.6 Å². The molecule has 0 aliphatic carbocycles. The molecule has 0 spiro atoms. The summed E-state index contributed by atoms with van der Waals surface area (Å²) < 4.78 is 2.62. The van der Waals surface area contributed by atoms with Gasteiger partial charge in [-0.2, -0.15) is 5.10 Å². The van der Waals surface area contributed by atoms with Crippen LogP contribution < -0.4 is 0 Å². The molecule has 0 atom stereocenters. The molecular formula is C11H11BrN2O. The van der Waals surface area contributed by atoms with Gasteiger partial charge in [0.25, 0.3) is 0 Å². The average molecular weight is 267 g/mol. The van der Waals surface area contributed by atoms with Crippen LogP contribution in [-0.4, -0.2) is 15.6 Å². The lowest BCUT2D eigenvalue weighted by Gasteiger charge is -2.00. The monoisotopic (exact) mass is 266 g/mol. The van der Waals surface area contributed by atoms with E-state index in [0.717, 1.165) is 27.6 Å². The van der Waals surface area contributed by atoms with E-state index in [9.17, 15) is 4.79 Å². The number of ketones is 1. The minimum atomic E-state index is 0.0666. The molecule has 0 radical (unpaired) electrons. The first-order chi connectivity index (χ1) is 7.15. The van der Waals surface area contributed by atoms with Gasteiger partial charge in [-0.05, 0) is 35.8 Å². The first kappa shape index (κ1) is 10.4. The van der Waals surface area contributed by atoms with E-state index in [2.05, 4.69) is 21.0 Å². The fraction of sp³-hybridized carbons (Fsp3) is 0.273. The summed E-state index contributed by atoms with van der Waals surface area (Å²) in [6.07, 6.45) is 0. The molecule has 0 aliphatic rings. The van der Waals surface area contributed by atoms with Crippen LogP contribution in [0.5, 0.6) is 0 Å². The highest BCUT2D eigenvalue weighted by Crippen LogP contribution is 2.27. The van der Waals surface area contributed by atoms with Gasteiger partial charge in [-0.25, -0.2) is 0 Å². The molecule has 2 rings (SSSR count). The molecule has 0 unspecified atom stereocenters. The lowest BCUT2D eigenvalue weighted by molar-refractivity contribution is 0.101. The number of aryl methyl sites for hydroxylation is 1. The van der Waals surface area contributed by atoms with Crippen molar-refractivity contribution in [2.24, 2.45) is 0 Å². The maximum atomic E-state index is 11.5. The molecule has 78 valence electrons. The summed E-state index contributed by atoms with van der Waals surface area (Å²) in [5.74, 6) is 0.0666. The largest absolute Gasteiger partial charge is 0.294 e. The van der Waals surface area contributed by atoms with E-state index in [-0.39, 0.29) is 5.78 Å². The Kier molecular flexibility index (Phi) is 2.61. The third-order valence-corrected chi connectivity index (χ3v) is 2.97. The predicted octanol–water partition coefficient (Wildman–Crippen LogP) is 3.02. The zero-order valence-electron chi connectivity index (χ0n) is 8.62. The summed E-state index contributed by atoms with van der Waals surface area (Å²) in [5.41, 5.74) is 1.72. The van der Waals surface area contributed by atoms with Crippen molar-refractivity contribution in [2.75, 3.05) is 0 Å². The molecule has 3 nitrogen and oxygen atoms in total. The van der Waals surface area contributed by atoms with Crippen LogP contribution in [0.15, 0.2) is 22.8 Å². The highest BCUT2D eigenvalue weighted by molar-refractivity contribution is 9.10. The van der Waals surface area contributed by atoms with Crippen molar-refractivity contribution in [3.8, 4) is 0 Å². The number of Topliss-reactive ketones (excluding diaryl/α,β-unsaturated/α-hetero) is 1. The van der Waals surface area contributed by atoms with E-state index >= 15 is 0 Å². The predicted molar refractivity (Wildman–Crippen MR) is 63.1 cm³/mol. The minimum absolute atomic E-state index is 0.0666. The Morgan fingerprint density at radius 3 is 2.87 bits per heavy atom. The second kappa shape index (κ2) is 3.77. The lowest BCUT2D eigenvalue weighted by Crippen LogP contribution is -1.96. The molecule has 0 bridgehead atoms. The molecule has 0 fully saturated rings. The molecule has 1 aromatic carbocycles. The van der Waals surface area contributed by atoms with Crippen LogP contribution >= 0.6 is 15.9 Å². The number of nitrogens with zero attached hydrogens (tertiary/aromatic N) is 2. The topological polar surface area (TPSA) is 34.9 Å². The van der Waals surface area contributed by atoms with Crippen molar-refractivity contribution in [3.63, 3.8) is 0 Å². The Bertz CT molecular complexity index is 531. The van der Waals surface area contributed by atoms with E-state index < -0.39 is 0 Å². The number of halogens is 1. The van der Waals surface area contributed by atoms with Gasteiger partial charge in [-0.15, -0.1) is 0 Å². The Balaban J connectivity index is 2.86. The van der Waals surface area contributed by atoms with Gasteiger partial charge in [-0.1, -0.05) is 12.1 Å². The summed E-state index contributed by atoms with van der Waals surface area (Å²) in [6.45, 7) is 4.40. The van der Waals surface area contributed by atoms with Crippen molar-refractivity contribution < 1.29 is 4.79 Å². The summed E-state index contributed by atoms with van der Waals surface area (Å²) in [4.78, 5) is 11.5. The number of aromatic nitrogens is 2. The number of carbonyl (C=O) groups excluding carboxylic acids is 1. The van der Waals surface area contributed by atoms with Gasteiger partial charge in [0.1, 0.15) is 4.60 Å². The maximum Gasteiger partial charge on any atom is 0.160 e. The molecular weight excluding hydrogens is 256 g/mol. The molecule has 15 heavy (non-hydrogen) atoms. The molecule has 0 amide bonds. The molecule has 2 aromatic rings. The summed E-state index contributed by atoms with van der Waals surface area (Å²) >= 11 is 3.39. The third-order valence-electron chi connectivity index (χ3n) is 2.41. The normalized spacial score (nSPS) is 10.9. The highest BCUT2D eigenvalue weighted by Gasteiger charge is 2.13. The Morgan fingerprint density at radius 2 is 2.27 bits per heavy atom. The second-order valence-electron chi connectivity index (χ2n) is 3.36. The number of hydrogen-bond acceptors (Lipinski definition) is 2. The third kappa shape index (κ3) is 1.59. The average Bonchev–Trinajstić information content (AvgIpc) is 2.55. The number of rotatable bonds is 2. The van der Waals surface area contributed by atoms with E-state index in [1.807, 2.05) is 29.8 Å². The molecule has 1 aromatic heterocycles. The van der Waals surface area contributed by atoms with E-state index in [0.29, 0.717) is 0 Å². The maximum absolute atomic E-state index is 11.5. The zero-order valence-corrected chi connectivity index (χ0v) is 10.2. The fourth-order valence-electron chi connectivity index (χ4n) is 1.72. The first-order valence-electron chi connectivity index (χ1n) is 4.81. The smallest absolute Gasteiger partial charge is 0.160 e. The fourth-order valence-corrected chi connectivity index (χ4v) is 2.32. The standard InChI is InChI=1S/C11H11BrN2O/c1-3-14-9-6-4-5-8(7(2)15)10(9)11(12)13-14/h4-6H,3H2,1-2H3.